The monoisotopic (exact) mass is 194 g/mol. The van der Waals surface area contributed by atoms with Gasteiger partial charge in [0.05, 0.1) is 21.2 Å². The molecule has 0 saturated carbocycles. The van der Waals surface area contributed by atoms with Gasteiger partial charge in [-0.15, -0.1) is 0 Å². The van der Waals surface area contributed by atoms with E-state index >= 15 is 0 Å². The van der Waals surface area contributed by atoms with E-state index in [0.717, 1.165) is 0 Å². The number of rotatable bonds is 0. The first-order chi connectivity index (χ1) is 5.69. The number of benzene rings is 1. The van der Waals surface area contributed by atoms with Gasteiger partial charge in [-0.3, -0.25) is 0 Å². The van der Waals surface area contributed by atoms with E-state index in [2.05, 4.69) is 12.1 Å². The molecule has 12 heavy (non-hydrogen) atoms. The molecular formula is C8Cl2N2. The van der Waals surface area contributed by atoms with E-state index < -0.39 is 0 Å². The molecule has 1 rings (SSSR count). The topological polar surface area (TPSA) is 47.6 Å². The van der Waals surface area contributed by atoms with Gasteiger partial charge in [0.25, 0.3) is 0 Å². The van der Waals surface area contributed by atoms with Gasteiger partial charge in [-0.05, 0) is 0 Å². The molecule has 0 bridgehead atoms. The van der Waals surface area contributed by atoms with E-state index in [1.807, 2.05) is 0 Å². The highest BCUT2D eigenvalue weighted by Crippen LogP contribution is 2.23. The highest BCUT2D eigenvalue weighted by molar-refractivity contribution is 6.41. The van der Waals surface area contributed by atoms with Gasteiger partial charge in [0, 0.05) is 12.1 Å². The molecule has 0 aliphatic carbocycles. The van der Waals surface area contributed by atoms with Crippen LogP contribution in [-0.2, 0) is 0 Å². The van der Waals surface area contributed by atoms with E-state index in [1.54, 1.807) is 12.1 Å². The fourth-order valence-electron chi connectivity index (χ4n) is 0.622. The Bertz CT molecular complexity index is 360. The Labute approximate surface area is 79.6 Å². The van der Waals surface area contributed by atoms with Gasteiger partial charge >= 0.3 is 0 Å². The first kappa shape index (κ1) is 8.87. The molecule has 0 amide bonds. The van der Waals surface area contributed by atoms with Gasteiger partial charge in [0.1, 0.15) is 12.1 Å². The van der Waals surface area contributed by atoms with Crippen LogP contribution < -0.4 is 0 Å². The van der Waals surface area contributed by atoms with Crippen LogP contribution >= 0.6 is 23.2 Å². The maximum Gasteiger partial charge on any atom is 0.101 e. The lowest BCUT2D eigenvalue weighted by Gasteiger charge is -1.95. The molecule has 4 heteroatoms. The summed E-state index contributed by atoms with van der Waals surface area (Å²) in [6.07, 6.45) is 0. The van der Waals surface area contributed by atoms with Crippen molar-refractivity contribution in [2.75, 3.05) is 0 Å². The molecule has 0 fully saturated rings. The van der Waals surface area contributed by atoms with Crippen LogP contribution in [0.3, 0.4) is 0 Å². The van der Waals surface area contributed by atoms with Crippen molar-refractivity contribution in [2.45, 2.75) is 0 Å². The summed E-state index contributed by atoms with van der Waals surface area (Å²) in [6, 6.07) is 8.45. The zero-order valence-corrected chi connectivity index (χ0v) is 7.16. The van der Waals surface area contributed by atoms with E-state index in [4.69, 9.17) is 33.7 Å². The second kappa shape index (κ2) is 3.45. The van der Waals surface area contributed by atoms with Crippen LogP contribution in [-0.4, -0.2) is 0 Å². The molecule has 0 saturated heterocycles. The third-order valence-corrected chi connectivity index (χ3v) is 1.80. The Balaban J connectivity index is 3.44. The Hall–Kier alpha value is -1.22. The van der Waals surface area contributed by atoms with Crippen LogP contribution in [0.5, 0.6) is 0 Å². The maximum atomic E-state index is 8.51. The highest BCUT2D eigenvalue weighted by Gasteiger charge is 2.07. The summed E-state index contributed by atoms with van der Waals surface area (Å²) in [5.41, 5.74) is 0.124. The quantitative estimate of drug-likeness (QED) is 0.637. The van der Waals surface area contributed by atoms with Crippen LogP contribution in [0.4, 0.5) is 0 Å². The normalized spacial score (nSPS) is 8.67. The van der Waals surface area contributed by atoms with E-state index in [9.17, 15) is 0 Å². The second-order valence-electron chi connectivity index (χ2n) is 1.85. The van der Waals surface area contributed by atoms with Gasteiger partial charge in [-0.1, -0.05) is 23.2 Å². The number of halogens is 2. The molecule has 2 nitrogen and oxygen atoms in total. The molecule has 0 spiro atoms. The fraction of sp³-hybridized carbons (Fsp3) is 0. The van der Waals surface area contributed by atoms with Crippen molar-refractivity contribution in [3.05, 3.63) is 33.3 Å². The molecule has 0 aromatic heterocycles. The summed E-state index contributed by atoms with van der Waals surface area (Å²) < 4.78 is 0. The highest BCUT2D eigenvalue weighted by atomic mass is 35.5. The molecule has 2 radical (unpaired) electrons. The molecule has 0 heterocycles. The van der Waals surface area contributed by atoms with Crippen molar-refractivity contribution in [3.63, 3.8) is 0 Å². The third kappa shape index (κ3) is 1.51. The van der Waals surface area contributed by atoms with Crippen molar-refractivity contribution >= 4 is 23.2 Å². The van der Waals surface area contributed by atoms with E-state index in [1.165, 1.54) is 0 Å². The van der Waals surface area contributed by atoms with Crippen LogP contribution in [0.15, 0.2) is 0 Å². The number of hydrogen-bond donors (Lipinski definition) is 0. The van der Waals surface area contributed by atoms with E-state index in [0.29, 0.717) is 0 Å². The number of nitrogens with zero attached hydrogens (tertiary/aromatic N) is 2. The van der Waals surface area contributed by atoms with Crippen molar-refractivity contribution in [1.29, 1.82) is 10.5 Å². The number of hydrogen-bond acceptors (Lipinski definition) is 2. The molecule has 0 N–H and O–H groups in total. The van der Waals surface area contributed by atoms with Crippen LogP contribution in [0.25, 0.3) is 0 Å². The maximum absolute atomic E-state index is 8.51. The van der Waals surface area contributed by atoms with Crippen LogP contribution in [0.2, 0.25) is 10.0 Å². The van der Waals surface area contributed by atoms with Gasteiger partial charge in [-0.2, -0.15) is 10.5 Å². The molecule has 1 aromatic rings. The van der Waals surface area contributed by atoms with Crippen LogP contribution in [0, 0.1) is 34.8 Å². The average Bonchev–Trinajstić information content (AvgIpc) is 2.09. The zero-order valence-electron chi connectivity index (χ0n) is 5.65. The molecule has 0 aliphatic heterocycles. The summed E-state index contributed by atoms with van der Waals surface area (Å²) >= 11 is 11.1. The lowest BCUT2D eigenvalue weighted by Crippen LogP contribution is -1.85. The lowest BCUT2D eigenvalue weighted by molar-refractivity contribution is 1.42. The Kier molecular flexibility index (Phi) is 2.55. The summed E-state index contributed by atoms with van der Waals surface area (Å²) in [5.74, 6) is 0. The minimum Gasteiger partial charge on any atom is -0.192 e. The lowest BCUT2D eigenvalue weighted by atomic mass is 10.1. The van der Waals surface area contributed by atoms with Crippen molar-refractivity contribution < 1.29 is 0 Å². The fourth-order valence-corrected chi connectivity index (χ4v) is 0.905. The van der Waals surface area contributed by atoms with Gasteiger partial charge in [-0.25, -0.2) is 0 Å². The molecule has 0 unspecified atom stereocenters. The standard InChI is InChI=1S/C8Cl2N2/c9-7-1-5(3-11)6(4-12)2-8(7)10. The summed E-state index contributed by atoms with van der Waals surface area (Å²) in [6.45, 7) is 0. The first-order valence-electron chi connectivity index (χ1n) is 2.83. The Morgan fingerprint density at radius 2 is 1.25 bits per heavy atom. The first-order valence-corrected chi connectivity index (χ1v) is 3.58. The summed E-state index contributed by atoms with van der Waals surface area (Å²) in [7, 11) is 0. The minimum absolute atomic E-state index is 0.0619. The molecule has 1 aromatic carbocycles. The summed E-state index contributed by atoms with van der Waals surface area (Å²) in [5, 5.41) is 17.2. The number of nitriles is 2. The minimum atomic E-state index is 0.0619. The largest absolute Gasteiger partial charge is 0.192 e. The second-order valence-corrected chi connectivity index (χ2v) is 2.61. The molecule has 0 atom stereocenters. The Morgan fingerprint density at radius 3 is 1.50 bits per heavy atom. The predicted octanol–water partition coefficient (Wildman–Crippen LogP) is 2.34. The third-order valence-electron chi connectivity index (χ3n) is 1.14. The predicted molar refractivity (Wildman–Crippen MR) is 43.6 cm³/mol. The summed E-state index contributed by atoms with van der Waals surface area (Å²) in [4.78, 5) is 0. The average molecular weight is 195 g/mol. The van der Waals surface area contributed by atoms with Gasteiger partial charge in [0.2, 0.25) is 0 Å². The van der Waals surface area contributed by atoms with E-state index in [-0.39, 0.29) is 21.2 Å². The smallest absolute Gasteiger partial charge is 0.101 e. The van der Waals surface area contributed by atoms with Crippen molar-refractivity contribution in [3.8, 4) is 12.1 Å². The molecule has 0 aliphatic rings. The SMILES string of the molecule is N#Cc1[c]c(Cl)c(Cl)[c]c1C#N. The van der Waals surface area contributed by atoms with Crippen molar-refractivity contribution in [1.82, 2.24) is 0 Å². The van der Waals surface area contributed by atoms with Gasteiger partial charge < -0.3 is 0 Å². The van der Waals surface area contributed by atoms with Crippen LogP contribution in [0.1, 0.15) is 11.1 Å². The Morgan fingerprint density at radius 1 is 0.917 bits per heavy atom. The zero-order chi connectivity index (χ0) is 9.14. The van der Waals surface area contributed by atoms with Crippen molar-refractivity contribution in [2.24, 2.45) is 0 Å². The molecule has 56 valence electrons. The molecular weight excluding hydrogens is 195 g/mol. The van der Waals surface area contributed by atoms with Gasteiger partial charge in [0.15, 0.2) is 0 Å².